The molecule has 1 unspecified atom stereocenters. The first-order valence-electron chi connectivity index (χ1n) is 11.7. The van der Waals surface area contributed by atoms with Crippen molar-refractivity contribution in [1.29, 1.82) is 0 Å². The minimum atomic E-state index is -4.55. The van der Waals surface area contributed by atoms with Crippen molar-refractivity contribution in [2.24, 2.45) is 14.1 Å². The quantitative estimate of drug-likeness (QED) is 0.249. The Labute approximate surface area is 219 Å². The first kappa shape index (κ1) is 26.1. The molecule has 0 bridgehead atoms. The van der Waals surface area contributed by atoms with E-state index in [1.165, 1.54) is 29.3 Å². The Morgan fingerprint density at radius 2 is 1.90 bits per heavy atom. The highest BCUT2D eigenvalue weighted by Gasteiger charge is 2.32. The second kappa shape index (κ2) is 9.63. The third kappa shape index (κ3) is 4.75. The molecule has 0 saturated carbocycles. The van der Waals surface area contributed by atoms with Crippen LogP contribution < -0.4 is 5.73 Å². The number of aryl methyl sites for hydroxylation is 2. The van der Waals surface area contributed by atoms with Gasteiger partial charge in [0.05, 0.1) is 40.4 Å². The minimum absolute atomic E-state index is 0.180. The van der Waals surface area contributed by atoms with Gasteiger partial charge in [0.2, 0.25) is 0 Å². The van der Waals surface area contributed by atoms with Crippen LogP contribution in [-0.2, 0) is 26.8 Å². The zero-order chi connectivity index (χ0) is 28.1. The maximum Gasteiger partial charge on any atom is 0.417 e. The van der Waals surface area contributed by atoms with Crippen LogP contribution in [0.15, 0.2) is 55.1 Å². The summed E-state index contributed by atoms with van der Waals surface area (Å²) in [5.41, 5.74) is 6.82. The Morgan fingerprint density at radius 3 is 2.54 bits per heavy atom. The Bertz CT molecular complexity index is 1680. The second-order valence-electron chi connectivity index (χ2n) is 9.00. The summed E-state index contributed by atoms with van der Waals surface area (Å²) in [6, 6.07) is 6.94. The number of hydrogen-bond donors (Lipinski definition) is 2. The minimum Gasteiger partial charge on any atom is -0.383 e. The fourth-order valence-electron chi connectivity index (χ4n) is 4.33. The van der Waals surface area contributed by atoms with Crippen molar-refractivity contribution >= 4 is 33.5 Å². The Morgan fingerprint density at radius 1 is 1.13 bits per heavy atom. The predicted molar refractivity (Wildman–Crippen MR) is 135 cm³/mol. The lowest BCUT2D eigenvalue weighted by Gasteiger charge is -2.34. The number of hydrazine groups is 1. The van der Waals surface area contributed by atoms with Gasteiger partial charge in [-0.3, -0.25) is 19.5 Å². The number of halogens is 3. The molecule has 4 heterocycles. The summed E-state index contributed by atoms with van der Waals surface area (Å²) in [5, 5.41) is 19.0. The monoisotopic (exact) mass is 539 g/mol. The zero-order valence-corrected chi connectivity index (χ0v) is 21.1. The molecule has 202 valence electrons. The molecule has 0 saturated heterocycles. The van der Waals surface area contributed by atoms with Gasteiger partial charge in [0.15, 0.2) is 12.1 Å². The topological polar surface area (TPSA) is 131 Å². The lowest BCUT2D eigenvalue weighted by molar-refractivity contribution is -0.137. The molecule has 5 rings (SSSR count). The predicted octanol–water partition coefficient (Wildman–Crippen LogP) is 3.03. The van der Waals surface area contributed by atoms with Gasteiger partial charge in [-0.1, -0.05) is 0 Å². The highest BCUT2D eigenvalue weighted by atomic mass is 19.4. The number of imidazole rings is 1. The van der Waals surface area contributed by atoms with E-state index in [4.69, 9.17) is 5.73 Å². The van der Waals surface area contributed by atoms with E-state index in [9.17, 15) is 23.1 Å². The van der Waals surface area contributed by atoms with Crippen LogP contribution in [0.4, 0.5) is 19.0 Å². The van der Waals surface area contributed by atoms with E-state index in [1.807, 2.05) is 0 Å². The van der Waals surface area contributed by atoms with Crippen molar-refractivity contribution < 1.29 is 23.1 Å². The Hall–Kier alpha value is -4.56. The largest absolute Gasteiger partial charge is 0.417 e. The fraction of sp³-hybridized carbons (Fsp3) is 0.240. The van der Waals surface area contributed by atoms with Crippen molar-refractivity contribution in [1.82, 2.24) is 39.3 Å². The highest BCUT2D eigenvalue weighted by Crippen LogP contribution is 2.30. The molecule has 3 N–H and O–H groups in total. The zero-order valence-electron chi connectivity index (χ0n) is 21.1. The summed E-state index contributed by atoms with van der Waals surface area (Å²) in [6.07, 6.45) is -0.474. The maximum absolute atomic E-state index is 13.9. The normalized spacial score (nSPS) is 12.9. The standard InChI is InChI=1S/C25H24F3N9O2/c1-34-9-8-30-22(34)24(39)36(3)37(13-16-6-5-15(11-31-16)25(26,27)28)23(38)14-4-7-19-17(10-14)20-18(21(29)33-19)12-32-35(20)2/h4-12,24,39H,13H2,1-3H3,(H2,29,33). The molecule has 5 aromatic rings. The molecule has 11 nitrogen and oxygen atoms in total. The Balaban J connectivity index is 1.56. The van der Waals surface area contributed by atoms with Crippen molar-refractivity contribution in [2.75, 3.05) is 12.8 Å². The first-order valence-corrected chi connectivity index (χ1v) is 11.7. The molecule has 0 aliphatic rings. The number of aromatic nitrogens is 6. The summed E-state index contributed by atoms with van der Waals surface area (Å²) < 4.78 is 42.4. The number of amides is 1. The molecule has 14 heteroatoms. The van der Waals surface area contributed by atoms with E-state index >= 15 is 0 Å². The average Bonchev–Trinajstić information content (AvgIpc) is 3.51. The van der Waals surface area contributed by atoms with Gasteiger partial charge in [0.25, 0.3) is 5.91 Å². The van der Waals surface area contributed by atoms with Crippen molar-refractivity contribution in [3.63, 3.8) is 0 Å². The van der Waals surface area contributed by atoms with Crippen LogP contribution >= 0.6 is 0 Å². The Kier molecular flexibility index (Phi) is 6.44. The maximum atomic E-state index is 13.9. The molecule has 1 amide bonds. The number of pyridine rings is 2. The molecule has 0 spiro atoms. The molecule has 4 aromatic heterocycles. The van der Waals surface area contributed by atoms with Crippen molar-refractivity contribution in [3.8, 4) is 0 Å². The second-order valence-corrected chi connectivity index (χ2v) is 9.00. The van der Waals surface area contributed by atoms with Crippen molar-refractivity contribution in [2.45, 2.75) is 18.9 Å². The van der Waals surface area contributed by atoms with Crippen LogP contribution in [0.3, 0.4) is 0 Å². The highest BCUT2D eigenvalue weighted by molar-refractivity contribution is 6.10. The number of benzene rings is 1. The van der Waals surface area contributed by atoms with Gasteiger partial charge >= 0.3 is 6.18 Å². The lowest BCUT2D eigenvalue weighted by atomic mass is 10.1. The number of anilines is 1. The number of hydrogen-bond acceptors (Lipinski definition) is 8. The fourth-order valence-corrected chi connectivity index (χ4v) is 4.33. The smallest absolute Gasteiger partial charge is 0.383 e. The number of nitrogen functional groups attached to an aromatic ring is 1. The van der Waals surface area contributed by atoms with Gasteiger partial charge in [-0.05, 0) is 30.3 Å². The van der Waals surface area contributed by atoms with Crippen LogP contribution in [-0.4, -0.2) is 57.4 Å². The summed E-state index contributed by atoms with van der Waals surface area (Å²) in [4.78, 5) is 26.4. The number of nitrogens with zero attached hydrogens (tertiary/aromatic N) is 8. The summed E-state index contributed by atoms with van der Waals surface area (Å²) in [7, 11) is 4.91. The SMILES string of the molecule is CN(C(O)c1nccn1C)N(Cc1ccc(C(F)(F)F)cn1)C(=O)c1ccc2nc(N)c3cnn(C)c3c2c1. The number of fused-ring (bicyclic) bond motifs is 3. The number of rotatable bonds is 6. The third-order valence-corrected chi connectivity index (χ3v) is 6.48. The summed E-state index contributed by atoms with van der Waals surface area (Å²) >= 11 is 0. The van der Waals surface area contributed by atoms with Crippen LogP contribution in [0.25, 0.3) is 21.8 Å². The molecule has 1 aromatic carbocycles. The van der Waals surface area contributed by atoms with Gasteiger partial charge in [-0.25, -0.2) is 9.97 Å². The van der Waals surface area contributed by atoms with E-state index in [2.05, 4.69) is 20.1 Å². The molecule has 0 radical (unpaired) electrons. The average molecular weight is 540 g/mol. The van der Waals surface area contributed by atoms with Gasteiger partial charge in [0, 0.05) is 50.7 Å². The molecule has 0 fully saturated rings. The van der Waals surface area contributed by atoms with Crippen LogP contribution in [0.1, 0.15) is 33.7 Å². The van der Waals surface area contributed by atoms with Gasteiger partial charge in [-0.15, -0.1) is 0 Å². The molecule has 1 atom stereocenters. The van der Waals surface area contributed by atoms with Crippen LogP contribution in [0, 0.1) is 0 Å². The van der Waals surface area contributed by atoms with Gasteiger partial charge in [0.1, 0.15) is 5.82 Å². The molecular weight excluding hydrogens is 515 g/mol. The summed E-state index contributed by atoms with van der Waals surface area (Å²) in [6.45, 7) is -0.228. The molecule has 39 heavy (non-hydrogen) atoms. The van der Waals surface area contributed by atoms with Gasteiger partial charge < -0.3 is 15.4 Å². The third-order valence-electron chi connectivity index (χ3n) is 6.48. The number of aliphatic hydroxyl groups excluding tert-OH is 1. The van der Waals surface area contributed by atoms with Crippen molar-refractivity contribution in [3.05, 3.63) is 77.8 Å². The summed E-state index contributed by atoms with van der Waals surface area (Å²) in [5.74, 6) is 0.0181. The van der Waals surface area contributed by atoms with E-state index in [-0.39, 0.29) is 23.6 Å². The van der Waals surface area contributed by atoms with Gasteiger partial charge in [-0.2, -0.15) is 23.3 Å². The number of carbonyl (C=O) groups is 1. The molecule has 0 aliphatic heterocycles. The van der Waals surface area contributed by atoms with Crippen LogP contribution in [0.2, 0.25) is 0 Å². The van der Waals surface area contributed by atoms with E-state index < -0.39 is 23.9 Å². The van der Waals surface area contributed by atoms with E-state index in [0.717, 1.165) is 6.07 Å². The number of alkyl halides is 3. The number of aliphatic hydroxyl groups is 1. The van der Waals surface area contributed by atoms with Crippen LogP contribution in [0.5, 0.6) is 0 Å². The molecular formula is C25H24F3N9O2. The lowest BCUT2D eigenvalue weighted by Crippen LogP contribution is -2.46. The molecule has 0 aliphatic carbocycles. The van der Waals surface area contributed by atoms with E-state index in [1.54, 1.807) is 53.9 Å². The first-order chi connectivity index (χ1) is 18.5. The van der Waals surface area contributed by atoms with E-state index in [0.29, 0.717) is 33.8 Å². The number of nitrogens with two attached hydrogens (primary N) is 1. The number of carbonyl (C=O) groups excluding carboxylic acids is 1.